The molecule has 39 heavy (non-hydrogen) atoms. The lowest BCUT2D eigenvalue weighted by atomic mass is 9.97. The molecule has 1 unspecified atom stereocenters. The van der Waals surface area contributed by atoms with E-state index in [2.05, 4.69) is 5.32 Å². The standard InChI is InChI=1S/C30H23ClFN3O4/c1-18(36)22-10-9-21(31)14-23(22)24-15-29(37)35(17-28(24)39-2)27(13-19-6-4-3-5-7-19)30(38)34-26-11-8-20(16-33)12-25(26)32/h3-12,14-15,17,27H,13H2,1-2H3,(H,34,38). The van der Waals surface area contributed by atoms with E-state index >= 15 is 0 Å². The van der Waals surface area contributed by atoms with Crippen molar-refractivity contribution in [1.29, 1.82) is 5.26 Å². The largest absolute Gasteiger partial charge is 0.495 e. The SMILES string of the molecule is COc1cn(C(Cc2ccccc2)C(=O)Nc2ccc(C#N)cc2F)c(=O)cc1-c1cc(Cl)ccc1C(C)=O. The molecule has 1 N–H and O–H groups in total. The summed E-state index contributed by atoms with van der Waals surface area (Å²) < 4.78 is 21.4. The van der Waals surface area contributed by atoms with Gasteiger partial charge in [0.1, 0.15) is 17.6 Å². The van der Waals surface area contributed by atoms with Crippen LogP contribution >= 0.6 is 11.6 Å². The number of Topliss-reactive ketones (excluding diaryl/α,β-unsaturated/α-hetero) is 1. The molecule has 9 heteroatoms. The number of aromatic nitrogens is 1. The summed E-state index contributed by atoms with van der Waals surface area (Å²) in [6.07, 6.45) is 1.51. The van der Waals surface area contributed by atoms with Crippen LogP contribution in [0.15, 0.2) is 83.8 Å². The zero-order valence-corrected chi connectivity index (χ0v) is 21.8. The van der Waals surface area contributed by atoms with E-state index in [1.807, 2.05) is 24.3 Å². The molecule has 1 atom stereocenters. The molecule has 3 aromatic carbocycles. The van der Waals surface area contributed by atoms with Crippen molar-refractivity contribution < 1.29 is 18.7 Å². The number of nitriles is 1. The van der Waals surface area contributed by atoms with E-state index in [1.54, 1.807) is 30.3 Å². The molecule has 4 rings (SSSR count). The molecule has 196 valence electrons. The Bertz CT molecular complexity index is 1660. The zero-order valence-electron chi connectivity index (χ0n) is 21.1. The van der Waals surface area contributed by atoms with Crippen LogP contribution in [0.4, 0.5) is 10.1 Å². The molecule has 1 amide bonds. The summed E-state index contributed by atoms with van der Waals surface area (Å²) in [5.74, 6) is -1.42. The summed E-state index contributed by atoms with van der Waals surface area (Å²) in [4.78, 5) is 39.3. The van der Waals surface area contributed by atoms with Gasteiger partial charge in [-0.3, -0.25) is 19.0 Å². The van der Waals surface area contributed by atoms with Crippen molar-refractivity contribution >= 4 is 29.0 Å². The average Bonchev–Trinajstić information content (AvgIpc) is 2.93. The molecule has 7 nitrogen and oxygen atoms in total. The number of carbonyl (C=O) groups excluding carboxylic acids is 2. The van der Waals surface area contributed by atoms with Gasteiger partial charge >= 0.3 is 0 Å². The fourth-order valence-electron chi connectivity index (χ4n) is 4.25. The van der Waals surface area contributed by atoms with Gasteiger partial charge in [0.05, 0.1) is 30.6 Å². The first-order chi connectivity index (χ1) is 18.7. The lowest BCUT2D eigenvalue weighted by Crippen LogP contribution is -2.34. The van der Waals surface area contributed by atoms with Gasteiger partial charge in [0, 0.05) is 28.6 Å². The van der Waals surface area contributed by atoms with Crippen LogP contribution in [-0.4, -0.2) is 23.4 Å². The minimum absolute atomic E-state index is 0.105. The smallest absolute Gasteiger partial charge is 0.252 e. The number of rotatable bonds is 8. The highest BCUT2D eigenvalue weighted by Crippen LogP contribution is 2.34. The first-order valence-electron chi connectivity index (χ1n) is 11.9. The summed E-state index contributed by atoms with van der Waals surface area (Å²) in [7, 11) is 1.41. The van der Waals surface area contributed by atoms with Crippen LogP contribution in [0.1, 0.15) is 34.5 Å². The maximum Gasteiger partial charge on any atom is 0.252 e. The third kappa shape index (κ3) is 6.06. The molecule has 0 aliphatic rings. The minimum atomic E-state index is -1.09. The van der Waals surface area contributed by atoms with E-state index in [1.165, 1.54) is 43.0 Å². The topological polar surface area (TPSA) is 101 Å². The van der Waals surface area contributed by atoms with E-state index in [0.29, 0.717) is 21.7 Å². The van der Waals surface area contributed by atoms with E-state index in [0.717, 1.165) is 11.6 Å². The normalized spacial score (nSPS) is 11.4. The van der Waals surface area contributed by atoms with Gasteiger partial charge < -0.3 is 10.1 Å². The first kappa shape index (κ1) is 27.3. The summed E-state index contributed by atoms with van der Waals surface area (Å²) >= 11 is 6.19. The molecule has 4 aromatic rings. The highest BCUT2D eigenvalue weighted by molar-refractivity contribution is 6.31. The molecule has 0 aliphatic carbocycles. The Morgan fingerprint density at radius 2 is 1.82 bits per heavy atom. The number of nitrogens with one attached hydrogen (secondary N) is 1. The number of amides is 1. The molecule has 0 saturated heterocycles. The summed E-state index contributed by atoms with van der Waals surface area (Å²) in [6.45, 7) is 1.41. The summed E-state index contributed by atoms with van der Waals surface area (Å²) in [5.41, 5.74) is 1.30. The maximum absolute atomic E-state index is 14.6. The van der Waals surface area contributed by atoms with Crippen LogP contribution in [0.2, 0.25) is 5.02 Å². The number of anilines is 1. The van der Waals surface area contributed by atoms with Gasteiger partial charge in [-0.1, -0.05) is 41.9 Å². The van der Waals surface area contributed by atoms with Crippen molar-refractivity contribution in [2.45, 2.75) is 19.4 Å². The van der Waals surface area contributed by atoms with Crippen molar-refractivity contribution in [2.75, 3.05) is 12.4 Å². The van der Waals surface area contributed by atoms with Gasteiger partial charge in [0.15, 0.2) is 5.78 Å². The molecule has 0 radical (unpaired) electrons. The third-order valence-electron chi connectivity index (χ3n) is 6.18. The molecule has 1 heterocycles. The molecule has 0 saturated carbocycles. The van der Waals surface area contributed by atoms with Crippen molar-refractivity contribution in [3.05, 3.63) is 117 Å². The highest BCUT2D eigenvalue weighted by atomic mass is 35.5. The lowest BCUT2D eigenvalue weighted by Gasteiger charge is -2.22. The number of carbonyl (C=O) groups is 2. The maximum atomic E-state index is 14.6. The predicted molar refractivity (Wildman–Crippen MR) is 147 cm³/mol. The van der Waals surface area contributed by atoms with Crippen LogP contribution in [0, 0.1) is 17.1 Å². The molecule has 1 aromatic heterocycles. The average molecular weight is 544 g/mol. The highest BCUT2D eigenvalue weighted by Gasteiger charge is 2.26. The zero-order chi connectivity index (χ0) is 28.1. The van der Waals surface area contributed by atoms with E-state index in [9.17, 15) is 18.8 Å². The van der Waals surface area contributed by atoms with Crippen LogP contribution in [-0.2, 0) is 11.2 Å². The number of methoxy groups -OCH3 is 1. The summed E-state index contributed by atoms with van der Waals surface area (Å²) in [5, 5.41) is 11.9. The third-order valence-corrected chi connectivity index (χ3v) is 6.42. The molecule has 0 bridgehead atoms. The van der Waals surface area contributed by atoms with Gasteiger partial charge in [0.25, 0.3) is 5.56 Å². The monoisotopic (exact) mass is 543 g/mol. The van der Waals surface area contributed by atoms with Gasteiger partial charge in [-0.2, -0.15) is 5.26 Å². The molecular weight excluding hydrogens is 521 g/mol. The van der Waals surface area contributed by atoms with Crippen molar-refractivity contribution in [3.8, 4) is 22.9 Å². The van der Waals surface area contributed by atoms with Gasteiger partial charge in [-0.15, -0.1) is 0 Å². The van der Waals surface area contributed by atoms with Crippen LogP contribution in [0.3, 0.4) is 0 Å². The van der Waals surface area contributed by atoms with E-state index in [4.69, 9.17) is 21.6 Å². The number of ether oxygens (including phenoxy) is 1. The molecule has 0 aliphatic heterocycles. The number of hydrogen-bond donors (Lipinski definition) is 1. The number of nitrogens with zero attached hydrogens (tertiary/aromatic N) is 2. The van der Waals surface area contributed by atoms with Gasteiger partial charge in [-0.25, -0.2) is 4.39 Å². The Labute approximate surface area is 229 Å². The number of ketones is 1. The second kappa shape index (κ2) is 11.8. The Balaban J connectivity index is 1.82. The Morgan fingerprint density at radius 1 is 1.08 bits per heavy atom. The van der Waals surface area contributed by atoms with Gasteiger partial charge in [0.2, 0.25) is 5.91 Å². The van der Waals surface area contributed by atoms with Crippen LogP contribution in [0.25, 0.3) is 11.1 Å². The summed E-state index contributed by atoms with van der Waals surface area (Å²) in [6, 6.07) is 19.5. The molecular formula is C30H23ClFN3O4. The fourth-order valence-corrected chi connectivity index (χ4v) is 4.42. The van der Waals surface area contributed by atoms with Crippen LogP contribution in [0.5, 0.6) is 5.75 Å². The van der Waals surface area contributed by atoms with E-state index in [-0.39, 0.29) is 29.2 Å². The predicted octanol–water partition coefficient (Wildman–Crippen LogP) is 5.81. The van der Waals surface area contributed by atoms with Crippen LogP contribution < -0.4 is 15.6 Å². The van der Waals surface area contributed by atoms with E-state index < -0.39 is 23.3 Å². The number of benzene rings is 3. The number of hydrogen-bond acceptors (Lipinski definition) is 5. The Morgan fingerprint density at radius 3 is 2.46 bits per heavy atom. The Hall–Kier alpha value is -4.74. The number of halogens is 2. The van der Waals surface area contributed by atoms with Crippen molar-refractivity contribution in [2.24, 2.45) is 0 Å². The van der Waals surface area contributed by atoms with Crippen molar-refractivity contribution in [1.82, 2.24) is 4.57 Å². The molecule has 0 fully saturated rings. The quantitative estimate of drug-likeness (QED) is 0.282. The molecule has 0 spiro atoms. The van der Waals surface area contributed by atoms with Gasteiger partial charge in [-0.05, 0) is 54.4 Å². The van der Waals surface area contributed by atoms with Crippen molar-refractivity contribution in [3.63, 3.8) is 0 Å². The minimum Gasteiger partial charge on any atom is -0.495 e. The Kier molecular flexibility index (Phi) is 8.23. The lowest BCUT2D eigenvalue weighted by molar-refractivity contribution is -0.119. The second-order valence-electron chi connectivity index (χ2n) is 8.75. The fraction of sp³-hybridized carbons (Fsp3) is 0.133. The second-order valence-corrected chi connectivity index (χ2v) is 9.18. The number of pyridine rings is 1. The first-order valence-corrected chi connectivity index (χ1v) is 12.2.